The number of hydrogen-bond acceptors (Lipinski definition) is 6. The molecule has 1 unspecified atom stereocenters. The van der Waals surface area contributed by atoms with Crippen LogP contribution in [-0.2, 0) is 6.61 Å². The molecule has 1 aliphatic rings. The molecule has 3 aromatic rings. The first-order valence-electron chi connectivity index (χ1n) is 8.58. The number of benzene rings is 1. The molecule has 1 aromatic carbocycles. The van der Waals surface area contributed by atoms with Gasteiger partial charge in [0.05, 0.1) is 11.5 Å². The fourth-order valence-electron chi connectivity index (χ4n) is 3.21. The van der Waals surface area contributed by atoms with Crippen LogP contribution in [0.5, 0.6) is 11.6 Å². The fraction of sp³-hybridized carbons (Fsp3) is 0.200. The Bertz CT molecular complexity index is 1110. The summed E-state index contributed by atoms with van der Waals surface area (Å²) in [7, 11) is 0. The number of ether oxygens (including phenoxy) is 2. The monoisotopic (exact) mass is 396 g/mol. The second-order valence-electron chi connectivity index (χ2n) is 6.47. The molecule has 3 heterocycles. The minimum atomic E-state index is -0.337. The molecule has 3 N–H and O–H groups in total. The van der Waals surface area contributed by atoms with Crippen LogP contribution >= 0.6 is 11.3 Å². The molecule has 0 amide bonds. The zero-order valence-electron chi connectivity index (χ0n) is 15.2. The highest BCUT2D eigenvalue weighted by Gasteiger charge is 2.35. The van der Waals surface area contributed by atoms with Gasteiger partial charge in [0.15, 0.2) is 0 Å². The van der Waals surface area contributed by atoms with Crippen molar-refractivity contribution in [1.29, 1.82) is 5.26 Å². The molecule has 1 aliphatic heterocycles. The third-order valence-electron chi connectivity index (χ3n) is 4.66. The molecule has 0 saturated heterocycles. The standard InChI is InChI=1S/C20H17FN4O2S/c1-10-17-18(15(8-22)19(23)27-20(17)25-24-10)16-7-12(11(2)28-16)9-26-14-5-3-13(21)4-6-14/h3-7,18H,9,23H2,1-2H3,(H,24,25). The maximum Gasteiger partial charge on any atom is 0.244 e. The first-order chi connectivity index (χ1) is 13.5. The summed E-state index contributed by atoms with van der Waals surface area (Å²) in [5.74, 6) is 0.418. The second-order valence-corrected chi connectivity index (χ2v) is 7.75. The van der Waals surface area contributed by atoms with Crippen molar-refractivity contribution in [2.24, 2.45) is 5.73 Å². The first kappa shape index (κ1) is 18.1. The van der Waals surface area contributed by atoms with E-state index in [9.17, 15) is 9.65 Å². The van der Waals surface area contributed by atoms with E-state index >= 15 is 0 Å². The SMILES string of the molecule is Cc1[nH]nc2c1C(c1cc(COc3ccc(F)cc3)c(C)s1)C(C#N)=C(N)O2. The van der Waals surface area contributed by atoms with Gasteiger partial charge < -0.3 is 15.2 Å². The number of aryl methyl sites for hydroxylation is 2. The Labute approximate surface area is 165 Å². The van der Waals surface area contributed by atoms with Gasteiger partial charge in [-0.1, -0.05) is 0 Å². The second kappa shape index (κ2) is 7.02. The van der Waals surface area contributed by atoms with Crippen molar-refractivity contribution in [2.75, 3.05) is 0 Å². The maximum absolute atomic E-state index is 13.0. The van der Waals surface area contributed by atoms with E-state index in [4.69, 9.17) is 15.2 Å². The van der Waals surface area contributed by atoms with Crippen LogP contribution in [0.3, 0.4) is 0 Å². The Morgan fingerprint density at radius 2 is 2.11 bits per heavy atom. The van der Waals surface area contributed by atoms with Crippen LogP contribution in [-0.4, -0.2) is 10.2 Å². The average molecular weight is 396 g/mol. The van der Waals surface area contributed by atoms with E-state index in [0.29, 0.717) is 23.8 Å². The Balaban J connectivity index is 1.66. The molecule has 1 atom stereocenters. The summed E-state index contributed by atoms with van der Waals surface area (Å²) in [5.41, 5.74) is 8.97. The largest absolute Gasteiger partial charge is 0.489 e. The highest BCUT2D eigenvalue weighted by Crippen LogP contribution is 2.45. The molecule has 0 spiro atoms. The molecule has 0 bridgehead atoms. The minimum absolute atomic E-state index is 0.0710. The summed E-state index contributed by atoms with van der Waals surface area (Å²) in [6, 6.07) is 10.1. The lowest BCUT2D eigenvalue weighted by molar-refractivity contribution is 0.305. The van der Waals surface area contributed by atoms with Crippen LogP contribution in [0.15, 0.2) is 41.8 Å². The van der Waals surface area contributed by atoms with Crippen molar-refractivity contribution in [3.8, 4) is 17.7 Å². The van der Waals surface area contributed by atoms with Gasteiger partial charge in [-0.3, -0.25) is 5.10 Å². The molecule has 28 heavy (non-hydrogen) atoms. The van der Waals surface area contributed by atoms with Crippen LogP contribution in [0.1, 0.15) is 32.5 Å². The Hall–Kier alpha value is -3.31. The van der Waals surface area contributed by atoms with Crippen molar-refractivity contribution < 1.29 is 13.9 Å². The van der Waals surface area contributed by atoms with E-state index in [-0.39, 0.29) is 17.6 Å². The third kappa shape index (κ3) is 3.10. The first-order valence-corrected chi connectivity index (χ1v) is 9.39. The molecule has 0 saturated carbocycles. The van der Waals surface area contributed by atoms with Gasteiger partial charge in [-0.05, 0) is 44.2 Å². The lowest BCUT2D eigenvalue weighted by Gasteiger charge is -2.22. The van der Waals surface area contributed by atoms with Gasteiger partial charge in [0.1, 0.15) is 29.8 Å². The van der Waals surface area contributed by atoms with E-state index in [0.717, 1.165) is 26.6 Å². The lowest BCUT2D eigenvalue weighted by Crippen LogP contribution is -2.20. The van der Waals surface area contributed by atoms with Crippen LogP contribution < -0.4 is 15.2 Å². The summed E-state index contributed by atoms with van der Waals surface area (Å²) in [6.45, 7) is 4.23. The molecule has 142 valence electrons. The molecule has 0 aliphatic carbocycles. The van der Waals surface area contributed by atoms with Gasteiger partial charge >= 0.3 is 0 Å². The van der Waals surface area contributed by atoms with E-state index in [1.807, 2.05) is 19.9 Å². The van der Waals surface area contributed by atoms with E-state index in [1.165, 1.54) is 12.1 Å². The van der Waals surface area contributed by atoms with Crippen LogP contribution in [0.2, 0.25) is 0 Å². The number of fused-ring (bicyclic) bond motifs is 1. The van der Waals surface area contributed by atoms with Gasteiger partial charge in [0, 0.05) is 21.0 Å². The van der Waals surface area contributed by atoms with Gasteiger partial charge in [0.2, 0.25) is 11.8 Å². The normalized spacial score (nSPS) is 15.7. The van der Waals surface area contributed by atoms with Crippen LogP contribution in [0, 0.1) is 31.0 Å². The Morgan fingerprint density at radius 1 is 1.36 bits per heavy atom. The third-order valence-corrected chi connectivity index (χ3v) is 5.82. The quantitative estimate of drug-likeness (QED) is 0.694. The van der Waals surface area contributed by atoms with Gasteiger partial charge in [-0.25, -0.2) is 4.39 Å². The minimum Gasteiger partial charge on any atom is -0.489 e. The van der Waals surface area contributed by atoms with Gasteiger partial charge in [0.25, 0.3) is 0 Å². The van der Waals surface area contributed by atoms with Crippen LogP contribution in [0.4, 0.5) is 4.39 Å². The number of rotatable bonds is 4. The van der Waals surface area contributed by atoms with Gasteiger partial charge in [-0.2, -0.15) is 5.26 Å². The Morgan fingerprint density at radius 3 is 2.82 bits per heavy atom. The summed E-state index contributed by atoms with van der Waals surface area (Å²) in [5, 5.41) is 16.7. The van der Waals surface area contributed by atoms with Crippen LogP contribution in [0.25, 0.3) is 0 Å². The summed E-state index contributed by atoms with van der Waals surface area (Å²) in [6.07, 6.45) is 0. The molecule has 0 fully saturated rings. The van der Waals surface area contributed by atoms with Crippen molar-refractivity contribution in [2.45, 2.75) is 26.4 Å². The van der Waals surface area contributed by atoms with Gasteiger partial charge in [-0.15, -0.1) is 16.4 Å². The van der Waals surface area contributed by atoms with Crippen molar-refractivity contribution in [1.82, 2.24) is 10.2 Å². The average Bonchev–Trinajstić information content (AvgIpc) is 3.23. The maximum atomic E-state index is 13.0. The number of H-pyrrole nitrogens is 1. The van der Waals surface area contributed by atoms with Crippen molar-refractivity contribution in [3.05, 3.63) is 74.2 Å². The molecule has 8 heteroatoms. The molecule has 6 nitrogen and oxygen atoms in total. The number of nitrogens with zero attached hydrogens (tertiary/aromatic N) is 2. The van der Waals surface area contributed by atoms with E-state index in [1.54, 1.807) is 23.5 Å². The summed E-state index contributed by atoms with van der Waals surface area (Å²) < 4.78 is 24.3. The number of nitrogens with two attached hydrogens (primary N) is 1. The number of hydrogen-bond donors (Lipinski definition) is 2. The highest BCUT2D eigenvalue weighted by atomic mass is 32.1. The number of allylic oxidation sites excluding steroid dienone is 1. The number of aromatic amines is 1. The van der Waals surface area contributed by atoms with Crippen molar-refractivity contribution >= 4 is 11.3 Å². The molecular weight excluding hydrogens is 379 g/mol. The number of nitriles is 1. The summed E-state index contributed by atoms with van der Waals surface area (Å²) in [4.78, 5) is 2.03. The smallest absolute Gasteiger partial charge is 0.244 e. The number of nitrogens with one attached hydrogen (secondary N) is 1. The predicted molar refractivity (Wildman–Crippen MR) is 102 cm³/mol. The van der Waals surface area contributed by atoms with Crippen molar-refractivity contribution in [3.63, 3.8) is 0 Å². The molecule has 4 rings (SSSR count). The van der Waals surface area contributed by atoms with E-state index in [2.05, 4.69) is 16.3 Å². The molecule has 0 radical (unpaired) electrons. The zero-order valence-corrected chi connectivity index (χ0v) is 16.1. The molecular formula is C20H17FN4O2S. The highest BCUT2D eigenvalue weighted by molar-refractivity contribution is 7.12. The topological polar surface area (TPSA) is 97.0 Å². The predicted octanol–water partition coefficient (Wildman–Crippen LogP) is 4.02. The Kier molecular flexibility index (Phi) is 4.53. The number of thiophene rings is 1. The van der Waals surface area contributed by atoms with E-state index < -0.39 is 0 Å². The fourth-order valence-corrected chi connectivity index (χ4v) is 4.36. The zero-order chi connectivity index (χ0) is 19.8. The summed E-state index contributed by atoms with van der Waals surface area (Å²) >= 11 is 1.58. The number of aromatic nitrogens is 2. The number of halogens is 1. The lowest BCUT2D eigenvalue weighted by atomic mass is 9.88. The molecule has 2 aromatic heterocycles.